The molecule has 4 amide bonds. The molecule has 0 bridgehead atoms. The first-order valence-electron chi connectivity index (χ1n) is 21.3. The number of carbonyl (C=O) groups is 8. The van der Waals surface area contributed by atoms with Gasteiger partial charge >= 0.3 is 36.1 Å². The number of methoxy groups -OCH3 is 2. The van der Waals surface area contributed by atoms with Crippen LogP contribution in [0.5, 0.6) is 0 Å². The molecule has 0 radical (unpaired) electrons. The van der Waals surface area contributed by atoms with Crippen molar-refractivity contribution in [2.75, 3.05) is 20.8 Å². The van der Waals surface area contributed by atoms with Crippen molar-refractivity contribution in [1.82, 2.24) is 36.3 Å². The summed E-state index contributed by atoms with van der Waals surface area (Å²) >= 11 is 0. The Balaban J connectivity index is 1.63. The Labute approximate surface area is 382 Å². The third-order valence-electron chi connectivity index (χ3n) is 9.57. The number of rotatable bonds is 22. The zero-order chi connectivity index (χ0) is 49.1. The highest BCUT2D eigenvalue weighted by atomic mass is 16.7. The molecular weight excluding hydrogens is 871 g/mol. The molecule has 3 rings (SSSR count). The third-order valence-corrected chi connectivity index (χ3v) is 9.57. The first-order chi connectivity index (χ1) is 31.1. The summed E-state index contributed by atoms with van der Waals surface area (Å²) in [7, 11) is 2.49. The molecule has 4 N–H and O–H groups in total. The number of hydrogen-bond acceptors (Lipinski definition) is 18. The normalized spacial score (nSPS) is 19.5. The van der Waals surface area contributed by atoms with Crippen LogP contribution in [0.15, 0.2) is 36.5 Å². The summed E-state index contributed by atoms with van der Waals surface area (Å²) in [6, 6.07) is 5.64. The summed E-state index contributed by atoms with van der Waals surface area (Å²) in [5.74, 6) is -4.54. The number of esters is 4. The first kappa shape index (κ1) is 54.0. The minimum Gasteiger partial charge on any atom is -0.467 e. The summed E-state index contributed by atoms with van der Waals surface area (Å²) in [6.07, 6.45) is -5.48. The van der Waals surface area contributed by atoms with Crippen LogP contribution in [0.3, 0.4) is 0 Å². The average molecular weight is 934 g/mol. The second-order valence-electron chi connectivity index (χ2n) is 16.6. The molecule has 0 aliphatic carbocycles. The highest BCUT2D eigenvalue weighted by Gasteiger charge is 2.52. The summed E-state index contributed by atoms with van der Waals surface area (Å²) in [5.41, 5.74) is 0.115. The second kappa shape index (κ2) is 26.0. The molecule has 1 fully saturated rings. The van der Waals surface area contributed by atoms with Crippen LogP contribution in [0.4, 0.5) is 9.59 Å². The maximum absolute atomic E-state index is 13.8. The fraction of sp³-hybridized carbons (Fsp3) is 0.628. The van der Waals surface area contributed by atoms with Crippen LogP contribution in [-0.2, 0) is 86.2 Å². The highest BCUT2D eigenvalue weighted by Crippen LogP contribution is 2.30. The molecule has 1 aromatic carbocycles. The lowest BCUT2D eigenvalue weighted by atomic mass is 9.97. The molecule has 66 heavy (non-hydrogen) atoms. The SMILES string of the molecule is COC(=O)[C@@H](NC(=O)[C@H](CCCCNC(=O)OCc1cn(C[C@H]2O[C@H](OC)[C@H](OC(C)=O)[C@@H](OC(C)=O)[C@@H]2OC(C)=O)nn1)NC(=O)[C@H](Cc1ccccc1)NC(=O)OC(C)(C)C)C(C)C. The third kappa shape index (κ3) is 18.3. The Hall–Kier alpha value is -6.36. The molecule has 2 heterocycles. The first-order valence-corrected chi connectivity index (χ1v) is 21.3. The lowest BCUT2D eigenvalue weighted by Crippen LogP contribution is -2.62. The molecule has 1 aromatic heterocycles. The average Bonchev–Trinajstić information content (AvgIpc) is 3.68. The summed E-state index contributed by atoms with van der Waals surface area (Å²) in [4.78, 5) is 101. The lowest BCUT2D eigenvalue weighted by Gasteiger charge is -2.43. The van der Waals surface area contributed by atoms with Crippen molar-refractivity contribution < 1.29 is 76.3 Å². The van der Waals surface area contributed by atoms with Gasteiger partial charge in [0.15, 0.2) is 24.6 Å². The summed E-state index contributed by atoms with van der Waals surface area (Å²) in [6.45, 7) is 11.6. The number of nitrogens with one attached hydrogen (secondary N) is 4. The van der Waals surface area contributed by atoms with E-state index in [4.69, 9.17) is 37.9 Å². The zero-order valence-electron chi connectivity index (χ0n) is 39.0. The van der Waals surface area contributed by atoms with Crippen LogP contribution in [0.1, 0.15) is 85.9 Å². The lowest BCUT2D eigenvalue weighted by molar-refractivity contribution is -0.300. The van der Waals surface area contributed by atoms with E-state index < -0.39 is 102 Å². The van der Waals surface area contributed by atoms with E-state index in [1.165, 1.54) is 25.1 Å². The quantitative estimate of drug-likeness (QED) is 0.0743. The number of hydrogen-bond donors (Lipinski definition) is 4. The molecule has 0 spiro atoms. The maximum Gasteiger partial charge on any atom is 0.408 e. The standard InChI is InChI=1S/C43H63N7O16/c1-24(2)33(39(56)59-9)47-37(54)30(45-38(55)31(20-28-16-12-11-13-17-28)46-42(58)66-43(6,7)8)18-14-15-19-44-41(57)61-23-29-21-50(49-48-29)22-32-34(62-25(3)51)35(63-26(4)52)36(64-27(5)53)40(60-10)65-32/h11-13,16-17,21,24,30-36,40H,14-15,18-20,22-23H2,1-10H3,(H,44,57)(H,45,55)(H,46,58)(H,47,54)/t30-,31-,32+,33-,34+,35-,36+,40-/m0/s1. The van der Waals surface area contributed by atoms with Crippen LogP contribution in [0.25, 0.3) is 0 Å². The van der Waals surface area contributed by atoms with Crippen molar-refractivity contribution in [1.29, 1.82) is 0 Å². The van der Waals surface area contributed by atoms with E-state index in [0.29, 0.717) is 12.8 Å². The number of nitrogens with zero attached hydrogens (tertiary/aromatic N) is 3. The molecule has 0 saturated carbocycles. The minimum absolute atomic E-state index is 0.0775. The molecule has 1 aliphatic rings. The molecular formula is C43H63N7O16. The van der Waals surface area contributed by atoms with Crippen molar-refractivity contribution in [3.05, 3.63) is 47.8 Å². The van der Waals surface area contributed by atoms with E-state index in [2.05, 4.69) is 31.6 Å². The minimum atomic E-state index is -1.30. The number of carbonyl (C=O) groups excluding carboxylic acids is 8. The zero-order valence-corrected chi connectivity index (χ0v) is 39.0. The van der Waals surface area contributed by atoms with Gasteiger partial charge in [-0.1, -0.05) is 49.4 Å². The molecule has 1 aliphatic heterocycles. The summed E-state index contributed by atoms with van der Waals surface area (Å²) in [5, 5.41) is 18.7. The molecule has 1 saturated heterocycles. The van der Waals surface area contributed by atoms with Gasteiger partial charge in [-0.05, 0) is 51.5 Å². The van der Waals surface area contributed by atoms with Crippen LogP contribution in [-0.4, -0.2) is 138 Å². The summed E-state index contributed by atoms with van der Waals surface area (Å²) < 4.78 is 44.4. The molecule has 0 unspecified atom stereocenters. The predicted octanol–water partition coefficient (Wildman–Crippen LogP) is 1.78. The van der Waals surface area contributed by atoms with Gasteiger partial charge in [0.2, 0.25) is 11.8 Å². The van der Waals surface area contributed by atoms with E-state index in [-0.39, 0.29) is 44.1 Å². The Bertz CT molecular complexity index is 1960. The van der Waals surface area contributed by atoms with Gasteiger partial charge in [0, 0.05) is 40.8 Å². The van der Waals surface area contributed by atoms with E-state index in [9.17, 15) is 38.4 Å². The monoisotopic (exact) mass is 933 g/mol. The number of ether oxygens (including phenoxy) is 8. The van der Waals surface area contributed by atoms with Gasteiger partial charge < -0.3 is 59.2 Å². The Morgan fingerprint density at radius 1 is 0.788 bits per heavy atom. The van der Waals surface area contributed by atoms with Crippen molar-refractivity contribution in [3.63, 3.8) is 0 Å². The van der Waals surface area contributed by atoms with Gasteiger partial charge in [0.1, 0.15) is 42.1 Å². The molecule has 2 aromatic rings. The smallest absolute Gasteiger partial charge is 0.408 e. The Morgan fingerprint density at radius 3 is 2.00 bits per heavy atom. The van der Waals surface area contributed by atoms with Crippen LogP contribution in [0.2, 0.25) is 0 Å². The second-order valence-corrected chi connectivity index (χ2v) is 16.6. The van der Waals surface area contributed by atoms with E-state index in [1.807, 2.05) is 6.07 Å². The number of amides is 4. The number of aromatic nitrogens is 3. The van der Waals surface area contributed by atoms with Gasteiger partial charge in [0.25, 0.3) is 0 Å². The van der Waals surface area contributed by atoms with Crippen molar-refractivity contribution >= 4 is 47.9 Å². The Morgan fingerprint density at radius 2 is 1.41 bits per heavy atom. The fourth-order valence-electron chi connectivity index (χ4n) is 6.65. The molecule has 23 heteroatoms. The van der Waals surface area contributed by atoms with Gasteiger partial charge in [-0.2, -0.15) is 0 Å². The van der Waals surface area contributed by atoms with Gasteiger partial charge in [-0.15, -0.1) is 5.10 Å². The number of benzene rings is 1. The fourth-order valence-corrected chi connectivity index (χ4v) is 6.65. The van der Waals surface area contributed by atoms with Gasteiger partial charge in [0.05, 0.1) is 19.9 Å². The molecule has 366 valence electrons. The largest absolute Gasteiger partial charge is 0.467 e. The Kier molecular flexibility index (Phi) is 21.2. The van der Waals surface area contributed by atoms with E-state index in [0.717, 1.165) is 26.3 Å². The van der Waals surface area contributed by atoms with Crippen LogP contribution < -0.4 is 21.3 Å². The predicted molar refractivity (Wildman–Crippen MR) is 228 cm³/mol. The maximum atomic E-state index is 13.8. The van der Waals surface area contributed by atoms with Crippen molar-refractivity contribution in [2.45, 2.75) is 149 Å². The topological polar surface area (TPSA) is 289 Å². The van der Waals surface area contributed by atoms with Crippen LogP contribution in [0, 0.1) is 5.92 Å². The highest BCUT2D eigenvalue weighted by molar-refractivity contribution is 5.93. The molecule has 8 atom stereocenters. The van der Waals surface area contributed by atoms with Gasteiger partial charge in [-0.3, -0.25) is 24.0 Å². The van der Waals surface area contributed by atoms with Crippen molar-refractivity contribution in [3.8, 4) is 0 Å². The van der Waals surface area contributed by atoms with E-state index in [1.54, 1.807) is 58.9 Å². The van der Waals surface area contributed by atoms with E-state index >= 15 is 0 Å². The molecule has 23 nitrogen and oxygen atoms in total. The van der Waals surface area contributed by atoms with Gasteiger partial charge in [-0.25, -0.2) is 19.1 Å². The van der Waals surface area contributed by atoms with Crippen molar-refractivity contribution in [2.24, 2.45) is 5.92 Å². The van der Waals surface area contributed by atoms with Crippen LogP contribution >= 0.6 is 0 Å². The number of unbranched alkanes of at least 4 members (excludes halogenated alkanes) is 1. The number of alkyl carbamates (subject to hydrolysis) is 2.